The highest BCUT2D eigenvalue weighted by molar-refractivity contribution is 14.1. The van der Waals surface area contributed by atoms with E-state index in [0.29, 0.717) is 5.02 Å². The summed E-state index contributed by atoms with van der Waals surface area (Å²) in [6.45, 7) is 0.746. The first-order chi connectivity index (χ1) is 7.15. The van der Waals surface area contributed by atoms with Crippen LogP contribution < -0.4 is 0 Å². The van der Waals surface area contributed by atoms with E-state index in [-0.39, 0.29) is 0 Å². The first-order valence-corrected chi connectivity index (χ1v) is 6.53. The monoisotopic (exact) mass is 396 g/mol. The summed E-state index contributed by atoms with van der Waals surface area (Å²) >= 11 is 11.4. The van der Waals surface area contributed by atoms with E-state index < -0.39 is 0 Å². The van der Waals surface area contributed by atoms with Gasteiger partial charge in [-0.05, 0) is 40.3 Å². The molecule has 0 saturated heterocycles. The van der Waals surface area contributed by atoms with E-state index in [0.717, 1.165) is 14.7 Å². The van der Waals surface area contributed by atoms with Crippen LogP contribution in [0.2, 0.25) is 5.02 Å². The van der Waals surface area contributed by atoms with Crippen LogP contribution in [0.3, 0.4) is 0 Å². The summed E-state index contributed by atoms with van der Waals surface area (Å²) in [5, 5.41) is 4.99. The normalized spacial score (nSPS) is 10.6. The SMILES string of the molecule is Clc1cn(Cc2ccc(Br)cc2)nc1I. The van der Waals surface area contributed by atoms with Crippen LogP contribution in [-0.4, -0.2) is 9.78 Å². The smallest absolute Gasteiger partial charge is 0.141 e. The molecule has 0 spiro atoms. The van der Waals surface area contributed by atoms with Crippen molar-refractivity contribution in [3.63, 3.8) is 0 Å². The Morgan fingerprint density at radius 3 is 2.53 bits per heavy atom. The van der Waals surface area contributed by atoms with Gasteiger partial charge in [0, 0.05) is 10.7 Å². The Hall–Kier alpha value is -0.0700. The predicted octanol–water partition coefficient (Wildman–Crippen LogP) is 3.95. The van der Waals surface area contributed by atoms with Crippen LogP contribution in [0.25, 0.3) is 0 Å². The van der Waals surface area contributed by atoms with Gasteiger partial charge >= 0.3 is 0 Å². The highest BCUT2D eigenvalue weighted by Crippen LogP contribution is 2.17. The molecule has 0 aliphatic heterocycles. The highest BCUT2D eigenvalue weighted by Gasteiger charge is 2.03. The fourth-order valence-electron chi connectivity index (χ4n) is 1.23. The summed E-state index contributed by atoms with van der Waals surface area (Å²) < 4.78 is 3.76. The van der Waals surface area contributed by atoms with E-state index in [2.05, 4.69) is 55.8 Å². The molecule has 0 radical (unpaired) electrons. The molecule has 2 aromatic rings. The lowest BCUT2D eigenvalue weighted by Gasteiger charge is -2.01. The summed E-state index contributed by atoms with van der Waals surface area (Å²) in [4.78, 5) is 0. The minimum atomic E-state index is 0.702. The van der Waals surface area contributed by atoms with Gasteiger partial charge < -0.3 is 0 Å². The molecule has 0 aliphatic rings. The molecule has 0 amide bonds. The average molecular weight is 397 g/mol. The second-order valence-electron chi connectivity index (χ2n) is 3.09. The Balaban J connectivity index is 2.18. The van der Waals surface area contributed by atoms with Crippen molar-refractivity contribution < 1.29 is 0 Å². The average Bonchev–Trinajstić information content (AvgIpc) is 2.50. The number of halogens is 3. The molecule has 1 heterocycles. The molecular formula is C10H7BrClIN2. The maximum Gasteiger partial charge on any atom is 0.141 e. The zero-order valence-electron chi connectivity index (χ0n) is 7.62. The van der Waals surface area contributed by atoms with Crippen LogP contribution in [0.15, 0.2) is 34.9 Å². The molecule has 1 aromatic carbocycles. The topological polar surface area (TPSA) is 17.8 Å². The largest absolute Gasteiger partial charge is 0.266 e. The van der Waals surface area contributed by atoms with Crippen LogP contribution in [-0.2, 0) is 6.54 Å². The molecule has 1 aromatic heterocycles. The summed E-state index contributed by atoms with van der Waals surface area (Å²) in [5.74, 6) is 0. The molecule has 0 aliphatic carbocycles. The van der Waals surface area contributed by atoms with Gasteiger partial charge in [-0.25, -0.2) is 0 Å². The fraction of sp³-hybridized carbons (Fsp3) is 0.100. The minimum Gasteiger partial charge on any atom is -0.266 e. The van der Waals surface area contributed by atoms with Gasteiger partial charge in [0.15, 0.2) is 0 Å². The van der Waals surface area contributed by atoms with Gasteiger partial charge in [0.1, 0.15) is 3.70 Å². The number of rotatable bonds is 2. The standard InChI is InChI=1S/C10H7BrClIN2/c11-8-3-1-7(2-4-8)5-15-6-9(12)10(13)14-15/h1-4,6H,5H2. The van der Waals surface area contributed by atoms with Crippen molar-refractivity contribution in [2.75, 3.05) is 0 Å². The Kier molecular flexibility index (Phi) is 3.69. The Morgan fingerprint density at radius 1 is 1.33 bits per heavy atom. The molecule has 0 atom stereocenters. The molecule has 0 bridgehead atoms. The van der Waals surface area contributed by atoms with Gasteiger partial charge in [-0.1, -0.05) is 39.7 Å². The van der Waals surface area contributed by atoms with Crippen molar-refractivity contribution >= 4 is 50.1 Å². The highest BCUT2D eigenvalue weighted by atomic mass is 127. The molecule has 0 fully saturated rings. The van der Waals surface area contributed by atoms with E-state index >= 15 is 0 Å². The van der Waals surface area contributed by atoms with Crippen LogP contribution in [0.1, 0.15) is 5.56 Å². The molecule has 78 valence electrons. The molecule has 0 N–H and O–H groups in total. The zero-order chi connectivity index (χ0) is 10.8. The predicted molar refractivity (Wildman–Crippen MR) is 73.2 cm³/mol. The maximum atomic E-state index is 5.92. The lowest BCUT2D eigenvalue weighted by Crippen LogP contribution is -1.99. The Morgan fingerprint density at radius 2 is 2.00 bits per heavy atom. The summed E-state index contributed by atoms with van der Waals surface area (Å²) in [6.07, 6.45) is 1.84. The van der Waals surface area contributed by atoms with Crippen molar-refractivity contribution in [2.45, 2.75) is 6.54 Å². The van der Waals surface area contributed by atoms with Crippen molar-refractivity contribution in [3.8, 4) is 0 Å². The van der Waals surface area contributed by atoms with E-state index in [1.54, 1.807) is 0 Å². The molecule has 15 heavy (non-hydrogen) atoms. The van der Waals surface area contributed by atoms with Crippen LogP contribution >= 0.6 is 50.1 Å². The molecule has 2 rings (SSSR count). The zero-order valence-corrected chi connectivity index (χ0v) is 12.1. The second-order valence-corrected chi connectivity index (χ2v) is 5.44. The molecular weight excluding hydrogens is 390 g/mol. The third-order valence-electron chi connectivity index (χ3n) is 1.93. The van der Waals surface area contributed by atoms with E-state index in [4.69, 9.17) is 11.6 Å². The number of aromatic nitrogens is 2. The van der Waals surface area contributed by atoms with Crippen molar-refractivity contribution in [1.29, 1.82) is 0 Å². The minimum absolute atomic E-state index is 0.702. The lowest BCUT2D eigenvalue weighted by molar-refractivity contribution is 0.681. The number of hydrogen-bond acceptors (Lipinski definition) is 1. The second kappa shape index (κ2) is 4.84. The summed E-state index contributed by atoms with van der Waals surface area (Å²) in [6, 6.07) is 8.16. The van der Waals surface area contributed by atoms with E-state index in [9.17, 15) is 0 Å². The molecule has 5 heteroatoms. The maximum absolute atomic E-state index is 5.92. The van der Waals surface area contributed by atoms with Gasteiger partial charge in [0.25, 0.3) is 0 Å². The van der Waals surface area contributed by atoms with Gasteiger partial charge in [0.05, 0.1) is 11.6 Å². The van der Waals surface area contributed by atoms with Crippen molar-refractivity contribution in [3.05, 3.63) is 49.2 Å². The van der Waals surface area contributed by atoms with E-state index in [1.807, 2.05) is 23.0 Å². The van der Waals surface area contributed by atoms with Crippen LogP contribution in [0.4, 0.5) is 0 Å². The molecule has 2 nitrogen and oxygen atoms in total. The number of hydrogen-bond donors (Lipinski definition) is 0. The Labute approximate surface area is 115 Å². The summed E-state index contributed by atoms with van der Waals surface area (Å²) in [7, 11) is 0. The van der Waals surface area contributed by atoms with Gasteiger partial charge in [-0.15, -0.1) is 0 Å². The lowest BCUT2D eigenvalue weighted by atomic mass is 10.2. The van der Waals surface area contributed by atoms with Gasteiger partial charge in [-0.2, -0.15) is 5.10 Å². The first kappa shape index (κ1) is 11.4. The molecule has 0 saturated carbocycles. The van der Waals surface area contributed by atoms with Crippen LogP contribution in [0, 0.1) is 3.70 Å². The summed E-state index contributed by atoms with van der Waals surface area (Å²) in [5.41, 5.74) is 1.20. The van der Waals surface area contributed by atoms with Crippen molar-refractivity contribution in [1.82, 2.24) is 9.78 Å². The Bertz CT molecular complexity index is 447. The van der Waals surface area contributed by atoms with Gasteiger partial charge in [0.2, 0.25) is 0 Å². The fourth-order valence-corrected chi connectivity index (χ4v) is 2.06. The van der Waals surface area contributed by atoms with E-state index in [1.165, 1.54) is 5.56 Å². The third-order valence-corrected chi connectivity index (χ3v) is 3.85. The first-order valence-electron chi connectivity index (χ1n) is 4.28. The third kappa shape index (κ3) is 2.95. The molecule has 0 unspecified atom stereocenters. The number of nitrogens with zero attached hydrogens (tertiary/aromatic N) is 2. The van der Waals surface area contributed by atoms with Gasteiger partial charge in [-0.3, -0.25) is 4.68 Å². The quantitative estimate of drug-likeness (QED) is 0.702. The van der Waals surface area contributed by atoms with Crippen LogP contribution in [0.5, 0.6) is 0 Å². The number of benzene rings is 1. The van der Waals surface area contributed by atoms with Crippen molar-refractivity contribution in [2.24, 2.45) is 0 Å².